The second-order valence-electron chi connectivity index (χ2n) is 5.58. The van der Waals surface area contributed by atoms with E-state index in [1.807, 2.05) is 19.9 Å². The highest BCUT2D eigenvalue weighted by molar-refractivity contribution is 5.95. The maximum Gasteiger partial charge on any atom is 0.340 e. The van der Waals surface area contributed by atoms with Gasteiger partial charge in [0.05, 0.1) is 17.8 Å². The molecule has 1 aliphatic rings. The summed E-state index contributed by atoms with van der Waals surface area (Å²) in [6.07, 6.45) is 5.95. The minimum absolute atomic E-state index is 0.162. The fourth-order valence-corrected chi connectivity index (χ4v) is 2.44. The van der Waals surface area contributed by atoms with E-state index in [1.54, 1.807) is 12.1 Å². The lowest BCUT2D eigenvalue weighted by Gasteiger charge is -2.23. The van der Waals surface area contributed by atoms with Crippen molar-refractivity contribution in [3.8, 4) is 5.75 Å². The van der Waals surface area contributed by atoms with E-state index in [4.69, 9.17) is 15.2 Å². The van der Waals surface area contributed by atoms with E-state index in [0.717, 1.165) is 12.8 Å². The molecular formula is C16H23NO3. The molecule has 0 saturated heterocycles. The molecular weight excluding hydrogens is 254 g/mol. The first-order valence-electron chi connectivity index (χ1n) is 7.33. The molecule has 0 aromatic heterocycles. The van der Waals surface area contributed by atoms with E-state index in [9.17, 15) is 4.79 Å². The number of ether oxygens (including phenoxy) is 2. The third-order valence-corrected chi connectivity index (χ3v) is 3.44. The Kier molecular flexibility index (Phi) is 4.88. The SMILES string of the molecule is CC(C)OC(=O)c1cc(OC2CCCCC2)ccc1N. The van der Waals surface area contributed by atoms with Crippen LogP contribution in [0.3, 0.4) is 0 Å². The molecule has 1 aromatic carbocycles. The van der Waals surface area contributed by atoms with Crippen LogP contribution in [0.5, 0.6) is 5.75 Å². The Bertz CT molecular complexity index is 465. The molecule has 0 heterocycles. The average molecular weight is 277 g/mol. The Hall–Kier alpha value is -1.71. The van der Waals surface area contributed by atoms with E-state index in [0.29, 0.717) is 17.0 Å². The summed E-state index contributed by atoms with van der Waals surface area (Å²) in [5.41, 5.74) is 6.65. The third kappa shape index (κ3) is 3.89. The molecule has 1 fully saturated rings. The number of hydrogen-bond acceptors (Lipinski definition) is 4. The third-order valence-electron chi connectivity index (χ3n) is 3.44. The molecule has 1 aromatic rings. The zero-order chi connectivity index (χ0) is 14.5. The first-order valence-corrected chi connectivity index (χ1v) is 7.33. The van der Waals surface area contributed by atoms with Gasteiger partial charge in [0.25, 0.3) is 0 Å². The largest absolute Gasteiger partial charge is 0.490 e. The Labute approximate surface area is 120 Å². The first kappa shape index (κ1) is 14.7. The van der Waals surface area contributed by atoms with Gasteiger partial charge in [-0.25, -0.2) is 4.79 Å². The van der Waals surface area contributed by atoms with Crippen molar-refractivity contribution in [1.29, 1.82) is 0 Å². The summed E-state index contributed by atoms with van der Waals surface area (Å²) in [6, 6.07) is 5.21. The van der Waals surface area contributed by atoms with Gasteiger partial charge in [-0.3, -0.25) is 0 Å². The molecule has 2 N–H and O–H groups in total. The Morgan fingerprint density at radius 2 is 1.95 bits per heavy atom. The van der Waals surface area contributed by atoms with E-state index in [2.05, 4.69) is 0 Å². The fourth-order valence-electron chi connectivity index (χ4n) is 2.44. The summed E-state index contributed by atoms with van der Waals surface area (Å²) in [4.78, 5) is 12.0. The predicted molar refractivity (Wildman–Crippen MR) is 78.9 cm³/mol. The molecule has 1 saturated carbocycles. The Morgan fingerprint density at radius 1 is 1.25 bits per heavy atom. The number of esters is 1. The van der Waals surface area contributed by atoms with Crippen molar-refractivity contribution in [3.63, 3.8) is 0 Å². The number of benzene rings is 1. The molecule has 2 rings (SSSR count). The summed E-state index contributed by atoms with van der Waals surface area (Å²) < 4.78 is 11.1. The van der Waals surface area contributed by atoms with E-state index in [1.165, 1.54) is 19.3 Å². The topological polar surface area (TPSA) is 61.5 Å². The van der Waals surface area contributed by atoms with Gasteiger partial charge in [0, 0.05) is 5.69 Å². The molecule has 0 radical (unpaired) electrons. The van der Waals surface area contributed by atoms with Crippen molar-refractivity contribution in [2.24, 2.45) is 0 Å². The van der Waals surface area contributed by atoms with Crippen molar-refractivity contribution in [2.45, 2.75) is 58.2 Å². The molecule has 0 atom stereocenters. The zero-order valence-corrected chi connectivity index (χ0v) is 12.2. The van der Waals surface area contributed by atoms with Gasteiger partial charge in [-0.05, 0) is 57.7 Å². The van der Waals surface area contributed by atoms with Gasteiger partial charge in [0.2, 0.25) is 0 Å². The lowest BCUT2D eigenvalue weighted by atomic mass is 9.98. The highest BCUT2D eigenvalue weighted by Crippen LogP contribution is 2.26. The second kappa shape index (κ2) is 6.64. The molecule has 0 bridgehead atoms. The average Bonchev–Trinajstić information content (AvgIpc) is 2.41. The molecule has 20 heavy (non-hydrogen) atoms. The smallest absolute Gasteiger partial charge is 0.340 e. The van der Waals surface area contributed by atoms with E-state index >= 15 is 0 Å². The second-order valence-corrected chi connectivity index (χ2v) is 5.58. The number of anilines is 1. The van der Waals surface area contributed by atoms with Crippen LogP contribution in [0, 0.1) is 0 Å². The number of nitrogen functional groups attached to an aromatic ring is 1. The van der Waals surface area contributed by atoms with Gasteiger partial charge in [-0.1, -0.05) is 6.42 Å². The molecule has 4 heteroatoms. The summed E-state index contributed by atoms with van der Waals surface area (Å²) in [7, 11) is 0. The molecule has 0 amide bonds. The quantitative estimate of drug-likeness (QED) is 0.675. The maximum absolute atomic E-state index is 12.0. The van der Waals surface area contributed by atoms with Crippen LogP contribution in [0.4, 0.5) is 5.69 Å². The van der Waals surface area contributed by atoms with Gasteiger partial charge in [-0.2, -0.15) is 0 Å². The maximum atomic E-state index is 12.0. The van der Waals surface area contributed by atoms with Crippen LogP contribution in [0.1, 0.15) is 56.3 Å². The lowest BCUT2D eigenvalue weighted by Crippen LogP contribution is -2.20. The minimum atomic E-state index is -0.397. The number of rotatable bonds is 4. The normalized spacial score (nSPS) is 16.1. The lowest BCUT2D eigenvalue weighted by molar-refractivity contribution is 0.0378. The number of carbonyl (C=O) groups is 1. The van der Waals surface area contributed by atoms with Crippen molar-refractivity contribution >= 4 is 11.7 Å². The number of carbonyl (C=O) groups excluding carboxylic acids is 1. The minimum Gasteiger partial charge on any atom is -0.490 e. The Morgan fingerprint density at radius 3 is 2.60 bits per heavy atom. The summed E-state index contributed by atoms with van der Waals surface area (Å²) in [5, 5.41) is 0. The van der Waals surface area contributed by atoms with Crippen LogP contribution in [-0.2, 0) is 4.74 Å². The van der Waals surface area contributed by atoms with Gasteiger partial charge >= 0.3 is 5.97 Å². The highest BCUT2D eigenvalue weighted by Gasteiger charge is 2.18. The summed E-state index contributed by atoms with van der Waals surface area (Å²) >= 11 is 0. The molecule has 1 aliphatic carbocycles. The van der Waals surface area contributed by atoms with Gasteiger partial charge in [0.15, 0.2) is 0 Å². The molecule has 110 valence electrons. The Balaban J connectivity index is 2.09. The molecule has 0 aliphatic heterocycles. The fraction of sp³-hybridized carbons (Fsp3) is 0.562. The van der Waals surface area contributed by atoms with Crippen LogP contribution in [0.25, 0.3) is 0 Å². The van der Waals surface area contributed by atoms with E-state index in [-0.39, 0.29) is 12.2 Å². The predicted octanol–water partition coefficient (Wildman–Crippen LogP) is 3.55. The van der Waals surface area contributed by atoms with Crippen LogP contribution >= 0.6 is 0 Å². The highest BCUT2D eigenvalue weighted by atomic mass is 16.5. The van der Waals surface area contributed by atoms with Crippen molar-refractivity contribution in [3.05, 3.63) is 23.8 Å². The van der Waals surface area contributed by atoms with E-state index < -0.39 is 5.97 Å². The van der Waals surface area contributed by atoms with Gasteiger partial charge < -0.3 is 15.2 Å². The van der Waals surface area contributed by atoms with Gasteiger partial charge in [0.1, 0.15) is 5.75 Å². The number of hydrogen-bond donors (Lipinski definition) is 1. The standard InChI is InChI=1S/C16H23NO3/c1-11(2)19-16(18)14-10-13(8-9-15(14)17)20-12-6-4-3-5-7-12/h8-12H,3-7,17H2,1-2H3. The summed E-state index contributed by atoms with van der Waals surface area (Å²) in [5.74, 6) is 0.299. The van der Waals surface area contributed by atoms with Crippen LogP contribution < -0.4 is 10.5 Å². The molecule has 0 unspecified atom stereocenters. The van der Waals surface area contributed by atoms with Crippen LogP contribution in [0.2, 0.25) is 0 Å². The van der Waals surface area contributed by atoms with Crippen molar-refractivity contribution in [2.75, 3.05) is 5.73 Å². The zero-order valence-electron chi connectivity index (χ0n) is 12.2. The monoisotopic (exact) mass is 277 g/mol. The number of nitrogens with two attached hydrogens (primary N) is 1. The van der Waals surface area contributed by atoms with Crippen molar-refractivity contribution < 1.29 is 14.3 Å². The summed E-state index contributed by atoms with van der Waals surface area (Å²) in [6.45, 7) is 3.63. The van der Waals surface area contributed by atoms with Gasteiger partial charge in [-0.15, -0.1) is 0 Å². The van der Waals surface area contributed by atoms with Crippen molar-refractivity contribution in [1.82, 2.24) is 0 Å². The molecule has 0 spiro atoms. The molecule has 4 nitrogen and oxygen atoms in total. The van der Waals surface area contributed by atoms with Crippen LogP contribution in [-0.4, -0.2) is 18.2 Å². The van der Waals surface area contributed by atoms with Crippen LogP contribution in [0.15, 0.2) is 18.2 Å². The first-order chi connectivity index (χ1) is 9.56.